The Morgan fingerprint density at radius 2 is 1.93 bits per heavy atom. The fourth-order valence-electron chi connectivity index (χ4n) is 1.38. The number of nitrogens with one attached hydrogen (secondary N) is 1. The molecular formula is C12H17NO2. The maximum Gasteiger partial charge on any atom is 0.230 e. The van der Waals surface area contributed by atoms with E-state index in [0.29, 0.717) is 6.54 Å². The third kappa shape index (κ3) is 2.80. The molecule has 1 rings (SSSR count). The number of rotatable bonds is 4. The standard InChI is InChI=1S/C12H17NO2/c1-12(2,11(15)13-8-9-14)10-6-4-3-5-7-10/h3-7,14H,8-9H2,1-2H3,(H,13,15). The van der Waals surface area contributed by atoms with Crippen LogP contribution in [0.3, 0.4) is 0 Å². The molecule has 0 aromatic heterocycles. The van der Waals surface area contributed by atoms with Crippen LogP contribution in [0.4, 0.5) is 0 Å². The summed E-state index contributed by atoms with van der Waals surface area (Å²) in [6.07, 6.45) is 0. The molecule has 0 radical (unpaired) electrons. The summed E-state index contributed by atoms with van der Waals surface area (Å²) >= 11 is 0. The number of hydrogen-bond donors (Lipinski definition) is 2. The molecular weight excluding hydrogens is 190 g/mol. The Bertz CT molecular complexity index is 320. The summed E-state index contributed by atoms with van der Waals surface area (Å²) in [5.41, 5.74) is 0.414. The van der Waals surface area contributed by atoms with Gasteiger partial charge in [0.25, 0.3) is 0 Å². The molecule has 0 bridgehead atoms. The molecule has 0 heterocycles. The van der Waals surface area contributed by atoms with Gasteiger partial charge in [-0.3, -0.25) is 4.79 Å². The van der Waals surface area contributed by atoms with Crippen molar-refractivity contribution in [1.82, 2.24) is 5.32 Å². The summed E-state index contributed by atoms with van der Waals surface area (Å²) in [6.45, 7) is 4.01. The Hall–Kier alpha value is -1.35. The highest BCUT2D eigenvalue weighted by atomic mass is 16.3. The van der Waals surface area contributed by atoms with Gasteiger partial charge in [-0.25, -0.2) is 0 Å². The van der Waals surface area contributed by atoms with E-state index in [1.807, 2.05) is 44.2 Å². The van der Waals surface area contributed by atoms with Gasteiger partial charge in [0, 0.05) is 6.54 Å². The maximum atomic E-state index is 11.8. The number of benzene rings is 1. The van der Waals surface area contributed by atoms with Crippen molar-refractivity contribution in [1.29, 1.82) is 0 Å². The number of carbonyl (C=O) groups excluding carboxylic acids is 1. The lowest BCUT2D eigenvalue weighted by molar-refractivity contribution is -0.125. The van der Waals surface area contributed by atoms with E-state index in [9.17, 15) is 4.79 Å². The summed E-state index contributed by atoms with van der Waals surface area (Å²) in [4.78, 5) is 11.8. The van der Waals surface area contributed by atoms with E-state index in [-0.39, 0.29) is 12.5 Å². The molecule has 3 nitrogen and oxygen atoms in total. The van der Waals surface area contributed by atoms with Crippen molar-refractivity contribution in [2.24, 2.45) is 0 Å². The van der Waals surface area contributed by atoms with E-state index in [1.165, 1.54) is 0 Å². The molecule has 82 valence electrons. The highest BCUT2D eigenvalue weighted by molar-refractivity contribution is 5.87. The first-order chi connectivity index (χ1) is 7.09. The predicted molar refractivity (Wildman–Crippen MR) is 59.6 cm³/mol. The zero-order valence-corrected chi connectivity index (χ0v) is 9.16. The van der Waals surface area contributed by atoms with Crippen molar-refractivity contribution >= 4 is 5.91 Å². The average molecular weight is 207 g/mol. The van der Waals surface area contributed by atoms with Crippen LogP contribution >= 0.6 is 0 Å². The zero-order valence-electron chi connectivity index (χ0n) is 9.16. The molecule has 0 aliphatic carbocycles. The van der Waals surface area contributed by atoms with Gasteiger partial charge in [-0.05, 0) is 19.4 Å². The summed E-state index contributed by atoms with van der Waals surface area (Å²) in [5, 5.41) is 11.3. The molecule has 1 aromatic rings. The molecule has 15 heavy (non-hydrogen) atoms. The monoisotopic (exact) mass is 207 g/mol. The van der Waals surface area contributed by atoms with Gasteiger partial charge in [0.2, 0.25) is 5.91 Å². The number of amides is 1. The lowest BCUT2D eigenvalue weighted by Gasteiger charge is -2.23. The van der Waals surface area contributed by atoms with Gasteiger partial charge in [-0.1, -0.05) is 30.3 Å². The fraction of sp³-hybridized carbons (Fsp3) is 0.417. The third-order valence-electron chi connectivity index (χ3n) is 2.46. The molecule has 0 fully saturated rings. The Labute approximate surface area is 90.1 Å². The zero-order chi connectivity index (χ0) is 11.3. The molecule has 0 unspecified atom stereocenters. The molecule has 0 aliphatic heterocycles. The van der Waals surface area contributed by atoms with Crippen LogP contribution in [0.2, 0.25) is 0 Å². The Morgan fingerprint density at radius 3 is 2.47 bits per heavy atom. The van der Waals surface area contributed by atoms with Gasteiger partial charge in [-0.15, -0.1) is 0 Å². The molecule has 0 atom stereocenters. The number of hydrogen-bond acceptors (Lipinski definition) is 2. The highest BCUT2D eigenvalue weighted by Crippen LogP contribution is 2.22. The maximum absolute atomic E-state index is 11.8. The van der Waals surface area contributed by atoms with Crippen molar-refractivity contribution < 1.29 is 9.90 Å². The summed E-state index contributed by atoms with van der Waals surface area (Å²) < 4.78 is 0. The molecule has 1 amide bonds. The van der Waals surface area contributed by atoms with E-state index in [0.717, 1.165) is 5.56 Å². The van der Waals surface area contributed by atoms with Crippen LogP contribution in [0.15, 0.2) is 30.3 Å². The van der Waals surface area contributed by atoms with Crippen LogP contribution in [-0.2, 0) is 10.2 Å². The minimum absolute atomic E-state index is 0.0311. The largest absolute Gasteiger partial charge is 0.395 e. The van der Waals surface area contributed by atoms with Crippen molar-refractivity contribution in [3.8, 4) is 0 Å². The molecule has 0 aliphatic rings. The van der Waals surface area contributed by atoms with Gasteiger partial charge >= 0.3 is 0 Å². The quantitative estimate of drug-likeness (QED) is 0.776. The van der Waals surface area contributed by atoms with Gasteiger partial charge < -0.3 is 10.4 Å². The third-order valence-corrected chi connectivity index (χ3v) is 2.46. The first-order valence-corrected chi connectivity index (χ1v) is 5.03. The topological polar surface area (TPSA) is 49.3 Å². The Balaban J connectivity index is 2.78. The van der Waals surface area contributed by atoms with Gasteiger partial charge in [0.05, 0.1) is 12.0 Å². The first-order valence-electron chi connectivity index (χ1n) is 5.03. The Morgan fingerprint density at radius 1 is 1.33 bits per heavy atom. The molecule has 0 saturated heterocycles. The molecule has 0 spiro atoms. The second-order valence-electron chi connectivity index (χ2n) is 3.97. The number of carbonyl (C=O) groups is 1. The van der Waals surface area contributed by atoms with Crippen LogP contribution in [0, 0.1) is 0 Å². The van der Waals surface area contributed by atoms with E-state index < -0.39 is 5.41 Å². The van der Waals surface area contributed by atoms with Crippen LogP contribution in [-0.4, -0.2) is 24.2 Å². The van der Waals surface area contributed by atoms with E-state index in [4.69, 9.17) is 5.11 Å². The van der Waals surface area contributed by atoms with Crippen LogP contribution < -0.4 is 5.32 Å². The lowest BCUT2D eigenvalue weighted by atomic mass is 9.84. The minimum Gasteiger partial charge on any atom is -0.395 e. The molecule has 1 aromatic carbocycles. The fourth-order valence-corrected chi connectivity index (χ4v) is 1.38. The summed E-state index contributed by atoms with van der Waals surface area (Å²) in [6, 6.07) is 9.61. The Kier molecular flexibility index (Phi) is 3.86. The number of aliphatic hydroxyl groups is 1. The van der Waals surface area contributed by atoms with Gasteiger partial charge in [-0.2, -0.15) is 0 Å². The van der Waals surface area contributed by atoms with E-state index in [1.54, 1.807) is 0 Å². The van der Waals surface area contributed by atoms with Crippen LogP contribution in [0.25, 0.3) is 0 Å². The predicted octanol–water partition coefficient (Wildman–Crippen LogP) is 1.07. The SMILES string of the molecule is CC(C)(C(=O)NCCO)c1ccccc1. The lowest BCUT2D eigenvalue weighted by Crippen LogP contribution is -2.41. The minimum atomic E-state index is -0.559. The van der Waals surface area contributed by atoms with Crippen molar-refractivity contribution in [2.75, 3.05) is 13.2 Å². The average Bonchev–Trinajstić information content (AvgIpc) is 2.27. The van der Waals surface area contributed by atoms with E-state index >= 15 is 0 Å². The summed E-state index contributed by atoms with van der Waals surface area (Å²) in [5.74, 6) is -0.0669. The molecule has 3 heteroatoms. The molecule has 2 N–H and O–H groups in total. The van der Waals surface area contributed by atoms with Crippen LogP contribution in [0.1, 0.15) is 19.4 Å². The number of aliphatic hydroxyl groups excluding tert-OH is 1. The van der Waals surface area contributed by atoms with Crippen LogP contribution in [0.5, 0.6) is 0 Å². The van der Waals surface area contributed by atoms with Crippen molar-refractivity contribution in [3.63, 3.8) is 0 Å². The van der Waals surface area contributed by atoms with Crippen molar-refractivity contribution in [3.05, 3.63) is 35.9 Å². The van der Waals surface area contributed by atoms with Gasteiger partial charge in [0.15, 0.2) is 0 Å². The first kappa shape index (κ1) is 11.7. The summed E-state index contributed by atoms with van der Waals surface area (Å²) in [7, 11) is 0. The normalized spacial score (nSPS) is 11.1. The second kappa shape index (κ2) is 4.94. The highest BCUT2D eigenvalue weighted by Gasteiger charge is 2.28. The van der Waals surface area contributed by atoms with Gasteiger partial charge in [0.1, 0.15) is 0 Å². The second-order valence-corrected chi connectivity index (χ2v) is 3.97. The van der Waals surface area contributed by atoms with E-state index in [2.05, 4.69) is 5.32 Å². The van der Waals surface area contributed by atoms with Crippen molar-refractivity contribution in [2.45, 2.75) is 19.3 Å². The smallest absolute Gasteiger partial charge is 0.230 e. The molecule has 0 saturated carbocycles.